The molecule has 0 heterocycles. The van der Waals surface area contributed by atoms with Gasteiger partial charge in [-0.25, -0.2) is 0 Å². The van der Waals surface area contributed by atoms with Crippen molar-refractivity contribution in [3.8, 4) is 0 Å². The molecule has 0 radical (unpaired) electrons. The maximum absolute atomic E-state index is 11.9. The van der Waals surface area contributed by atoms with Crippen LogP contribution in [0, 0.1) is 15.3 Å². The van der Waals surface area contributed by atoms with Crippen LogP contribution in [0.3, 0.4) is 0 Å². The first-order chi connectivity index (χ1) is 14.8. The fraction of sp³-hybridized carbons (Fsp3) is 0.957. The highest BCUT2D eigenvalue weighted by atomic mass is 16.9. The van der Waals surface area contributed by atoms with Gasteiger partial charge in [-0.05, 0) is 19.8 Å². The molecule has 8 nitrogen and oxygen atoms in total. The van der Waals surface area contributed by atoms with Crippen LogP contribution in [0.1, 0.15) is 130 Å². The second kappa shape index (κ2) is 23.3. The lowest BCUT2D eigenvalue weighted by molar-refractivity contribution is -1.13. The molecule has 0 aromatic carbocycles. The molecule has 0 rings (SSSR count). The average molecular weight is 448 g/mol. The van der Waals surface area contributed by atoms with E-state index < -0.39 is 5.09 Å². The molecule has 0 fully saturated rings. The van der Waals surface area contributed by atoms with Crippen LogP contribution < -0.4 is 5.43 Å². The molecule has 31 heavy (non-hydrogen) atoms. The van der Waals surface area contributed by atoms with Crippen LogP contribution in [0.5, 0.6) is 0 Å². The Hall–Kier alpha value is -1.41. The smallest absolute Gasteiger partial charge is 0.267 e. The van der Waals surface area contributed by atoms with Crippen LogP contribution in [0.2, 0.25) is 0 Å². The summed E-state index contributed by atoms with van der Waals surface area (Å²) in [6.07, 6.45) is 21.3. The number of hydrogen-bond donors (Lipinski definition) is 2. The Kier molecular flexibility index (Phi) is 23.8. The zero-order valence-electron chi connectivity index (χ0n) is 20.4. The van der Waals surface area contributed by atoms with Crippen LogP contribution in [-0.4, -0.2) is 34.0 Å². The molecule has 1 amide bonds. The van der Waals surface area contributed by atoms with Gasteiger partial charge in [-0.15, -0.1) is 0 Å². The van der Waals surface area contributed by atoms with Gasteiger partial charge in [0.25, 0.3) is 5.91 Å². The molecular weight excluding hydrogens is 398 g/mol. The first-order valence-electron chi connectivity index (χ1n) is 12.5. The number of carbonyl (C=O) groups is 1. The van der Waals surface area contributed by atoms with E-state index in [-0.39, 0.29) is 10.7 Å². The fourth-order valence-electron chi connectivity index (χ4n) is 3.61. The summed E-state index contributed by atoms with van der Waals surface area (Å²) >= 11 is 0. The third-order valence-corrected chi connectivity index (χ3v) is 5.46. The molecule has 0 aliphatic carbocycles. The molecule has 0 unspecified atom stereocenters. The van der Waals surface area contributed by atoms with E-state index in [9.17, 15) is 10.0 Å². The van der Waals surface area contributed by atoms with Crippen molar-refractivity contribution in [1.29, 1.82) is 0 Å². The Labute approximate surface area is 190 Å². The van der Waals surface area contributed by atoms with Crippen molar-refractivity contribution < 1.29 is 19.8 Å². The van der Waals surface area contributed by atoms with Crippen LogP contribution in [0.25, 0.3) is 0 Å². The SMILES string of the molecule is CCCCCCCCCCCCCCCCCC(=O)N[N@+](O)(CC)CCC.O=[N+]([O-])[O-]. The first-order valence-corrected chi connectivity index (χ1v) is 12.5. The van der Waals surface area contributed by atoms with Crippen molar-refractivity contribution in [1.82, 2.24) is 5.43 Å². The Morgan fingerprint density at radius 3 is 1.42 bits per heavy atom. The second-order valence-electron chi connectivity index (χ2n) is 8.42. The number of hydrogen-bond acceptors (Lipinski definition) is 5. The highest BCUT2D eigenvalue weighted by Crippen LogP contribution is 2.13. The summed E-state index contributed by atoms with van der Waals surface area (Å²) in [4.78, 5) is 20.2. The van der Waals surface area contributed by atoms with Crippen LogP contribution in [-0.2, 0) is 4.79 Å². The zero-order chi connectivity index (χ0) is 23.8. The lowest BCUT2D eigenvalue weighted by atomic mass is 10.0. The summed E-state index contributed by atoms with van der Waals surface area (Å²) in [6.45, 7) is 7.26. The minimum Gasteiger partial charge on any atom is -0.356 e. The zero-order valence-corrected chi connectivity index (χ0v) is 20.4. The molecule has 0 saturated heterocycles. The summed E-state index contributed by atoms with van der Waals surface area (Å²) in [6, 6.07) is 0. The van der Waals surface area contributed by atoms with E-state index in [0.717, 1.165) is 19.3 Å². The molecule has 0 aliphatic heterocycles. The third-order valence-electron chi connectivity index (χ3n) is 5.46. The topological polar surface area (TPSA) is 116 Å². The largest absolute Gasteiger partial charge is 0.356 e. The van der Waals surface area contributed by atoms with Gasteiger partial charge in [0.05, 0.1) is 5.09 Å². The van der Waals surface area contributed by atoms with Crippen LogP contribution in [0.15, 0.2) is 0 Å². The van der Waals surface area contributed by atoms with Gasteiger partial charge in [-0.3, -0.25) is 4.79 Å². The van der Waals surface area contributed by atoms with Gasteiger partial charge in [0.2, 0.25) is 0 Å². The molecular formula is C23H49N3O5. The molecule has 0 bridgehead atoms. The van der Waals surface area contributed by atoms with Crippen molar-refractivity contribution >= 4 is 5.91 Å². The molecule has 186 valence electrons. The van der Waals surface area contributed by atoms with Crippen molar-refractivity contribution in [2.75, 3.05) is 13.1 Å². The monoisotopic (exact) mass is 447 g/mol. The molecule has 0 saturated carbocycles. The van der Waals surface area contributed by atoms with Gasteiger partial charge in [0, 0.05) is 6.42 Å². The molecule has 1 atom stereocenters. The van der Waals surface area contributed by atoms with Gasteiger partial charge >= 0.3 is 0 Å². The maximum Gasteiger partial charge on any atom is 0.267 e. The number of nitrogens with zero attached hydrogens (tertiary/aromatic N) is 2. The van der Waals surface area contributed by atoms with Crippen molar-refractivity contribution in [3.63, 3.8) is 0 Å². The maximum atomic E-state index is 11.9. The fourth-order valence-corrected chi connectivity index (χ4v) is 3.61. The molecule has 0 spiro atoms. The van der Waals surface area contributed by atoms with E-state index in [1.54, 1.807) is 0 Å². The van der Waals surface area contributed by atoms with Gasteiger partial charge in [0.15, 0.2) is 0 Å². The predicted octanol–water partition coefficient (Wildman–Crippen LogP) is 6.68. The standard InChI is InChI=1S/C23H48N2O2.NO3/c1-4-7-8-9-10-11-12-13-14-15-16-17-18-19-20-21-23(26)24-25(27,6-3)22-5-2;2-1(3)4/h27H,4-22H2,1-3H3;/q;-1/p+1/t25-;/m0./s1. The lowest BCUT2D eigenvalue weighted by Gasteiger charge is -2.27. The summed E-state index contributed by atoms with van der Waals surface area (Å²) < 4.78 is -0.325. The number of rotatable bonds is 20. The summed E-state index contributed by atoms with van der Waals surface area (Å²) in [5.41, 5.74) is 2.75. The molecule has 2 N–H and O–H groups in total. The number of nitrogens with one attached hydrogen (secondary N) is 1. The molecule has 8 heteroatoms. The van der Waals surface area contributed by atoms with Crippen molar-refractivity contribution in [2.45, 2.75) is 130 Å². The Morgan fingerprint density at radius 2 is 1.10 bits per heavy atom. The summed E-state index contributed by atoms with van der Waals surface area (Å²) in [7, 11) is 0. The number of amides is 1. The minimum atomic E-state index is -1.75. The third kappa shape index (κ3) is 26.6. The van der Waals surface area contributed by atoms with Gasteiger partial charge in [0.1, 0.15) is 13.1 Å². The normalized spacial score (nSPS) is 12.5. The average Bonchev–Trinajstić information content (AvgIpc) is 2.70. The Bertz CT molecular complexity index is 420. The van der Waals surface area contributed by atoms with E-state index in [2.05, 4.69) is 12.3 Å². The van der Waals surface area contributed by atoms with Crippen LogP contribution in [0.4, 0.5) is 0 Å². The van der Waals surface area contributed by atoms with E-state index in [4.69, 9.17) is 15.3 Å². The molecule has 0 aromatic rings. The predicted molar refractivity (Wildman–Crippen MR) is 126 cm³/mol. The van der Waals surface area contributed by atoms with E-state index in [1.807, 2.05) is 13.8 Å². The van der Waals surface area contributed by atoms with Gasteiger partial charge < -0.3 is 15.3 Å². The second-order valence-corrected chi connectivity index (χ2v) is 8.42. The van der Waals surface area contributed by atoms with Gasteiger partial charge in [-0.1, -0.05) is 108 Å². The number of quaternary nitrogens is 1. The highest BCUT2D eigenvalue weighted by molar-refractivity contribution is 5.74. The number of hydroxylamine groups is 2. The summed E-state index contributed by atoms with van der Waals surface area (Å²) in [5.74, 6) is -0.0255. The van der Waals surface area contributed by atoms with Gasteiger partial charge in [-0.2, -0.15) is 10.6 Å². The minimum absolute atomic E-state index is 0.0255. The Balaban J connectivity index is 0. The number of carbonyl (C=O) groups excluding carboxylic acids is 1. The van der Waals surface area contributed by atoms with E-state index in [1.165, 1.54) is 83.5 Å². The van der Waals surface area contributed by atoms with Crippen molar-refractivity contribution in [3.05, 3.63) is 15.3 Å². The molecule has 0 aromatic heterocycles. The van der Waals surface area contributed by atoms with Crippen LogP contribution >= 0.6 is 0 Å². The summed E-state index contributed by atoms with van der Waals surface area (Å²) in [5, 5.41) is 25.0. The molecule has 0 aliphatic rings. The van der Waals surface area contributed by atoms with E-state index >= 15 is 0 Å². The number of unbranched alkanes of at least 4 members (excludes halogenated alkanes) is 14. The van der Waals surface area contributed by atoms with Crippen molar-refractivity contribution in [2.24, 2.45) is 0 Å². The highest BCUT2D eigenvalue weighted by Gasteiger charge is 2.24. The Morgan fingerprint density at radius 1 is 0.742 bits per heavy atom. The van der Waals surface area contributed by atoms with E-state index in [0.29, 0.717) is 19.5 Å². The lowest BCUT2D eigenvalue weighted by Crippen LogP contribution is -2.58. The first kappa shape index (κ1) is 31.8. The quantitative estimate of drug-likeness (QED) is 0.0935.